The monoisotopic (exact) mass is 224 g/mol. The Kier molecular flexibility index (Phi) is 2.72. The molecule has 0 bridgehead atoms. The van der Waals surface area contributed by atoms with Crippen molar-refractivity contribution in [3.05, 3.63) is 42.0 Å². The van der Waals surface area contributed by atoms with Crippen molar-refractivity contribution in [1.82, 2.24) is 9.97 Å². The fraction of sp³-hybridized carbons (Fsp3) is 0.100. The largest absolute Gasteiger partial charge is 0.397 e. The van der Waals surface area contributed by atoms with E-state index in [0.29, 0.717) is 6.54 Å². The van der Waals surface area contributed by atoms with Crippen LogP contribution in [0.25, 0.3) is 0 Å². The van der Waals surface area contributed by atoms with E-state index in [1.54, 1.807) is 6.20 Å². The highest BCUT2D eigenvalue weighted by Gasteiger charge is 2.11. The number of rotatable bonds is 3. The zero-order valence-corrected chi connectivity index (χ0v) is 8.30. The Morgan fingerprint density at radius 1 is 1.38 bits per heavy atom. The first-order valence-corrected chi connectivity index (χ1v) is 4.63. The number of H-pyrrole nitrogens is 1. The van der Waals surface area contributed by atoms with Crippen LogP contribution in [0.15, 0.2) is 24.7 Å². The van der Waals surface area contributed by atoms with Crippen LogP contribution in [0.5, 0.6) is 0 Å². The molecule has 2 rings (SSSR count). The topological polar surface area (TPSA) is 66.7 Å². The fourth-order valence-electron chi connectivity index (χ4n) is 1.31. The van der Waals surface area contributed by atoms with Gasteiger partial charge in [0.1, 0.15) is 0 Å². The summed E-state index contributed by atoms with van der Waals surface area (Å²) in [7, 11) is 0. The number of nitrogens with one attached hydrogen (secondary N) is 2. The second-order valence-corrected chi connectivity index (χ2v) is 3.26. The number of imidazole rings is 1. The lowest BCUT2D eigenvalue weighted by atomic mass is 10.2. The van der Waals surface area contributed by atoms with Gasteiger partial charge in [-0.25, -0.2) is 13.8 Å². The molecule has 0 aliphatic rings. The number of hydrogen-bond acceptors (Lipinski definition) is 3. The minimum Gasteiger partial charge on any atom is -0.397 e. The van der Waals surface area contributed by atoms with Gasteiger partial charge in [0.25, 0.3) is 0 Å². The Morgan fingerprint density at radius 2 is 2.19 bits per heavy atom. The lowest BCUT2D eigenvalue weighted by Gasteiger charge is -2.09. The molecule has 2 aromatic rings. The number of anilines is 2. The van der Waals surface area contributed by atoms with Crippen LogP contribution in [-0.4, -0.2) is 9.97 Å². The quantitative estimate of drug-likeness (QED) is 0.697. The van der Waals surface area contributed by atoms with Crippen molar-refractivity contribution in [2.24, 2.45) is 0 Å². The first-order chi connectivity index (χ1) is 7.68. The molecule has 0 saturated carbocycles. The maximum atomic E-state index is 13.3. The number of aromatic amines is 1. The van der Waals surface area contributed by atoms with E-state index in [1.165, 1.54) is 12.4 Å². The van der Waals surface area contributed by atoms with Gasteiger partial charge in [0.05, 0.1) is 29.9 Å². The van der Waals surface area contributed by atoms with Gasteiger partial charge in [-0.3, -0.25) is 0 Å². The van der Waals surface area contributed by atoms with Gasteiger partial charge in [0, 0.05) is 6.20 Å². The molecule has 0 spiro atoms. The van der Waals surface area contributed by atoms with E-state index in [4.69, 9.17) is 5.73 Å². The molecule has 1 aromatic heterocycles. The van der Waals surface area contributed by atoms with Gasteiger partial charge in [-0.1, -0.05) is 0 Å². The van der Waals surface area contributed by atoms with Crippen LogP contribution < -0.4 is 11.1 Å². The van der Waals surface area contributed by atoms with Crippen molar-refractivity contribution in [1.29, 1.82) is 0 Å². The molecule has 4 nitrogen and oxygen atoms in total. The Morgan fingerprint density at radius 3 is 2.88 bits per heavy atom. The van der Waals surface area contributed by atoms with Gasteiger partial charge in [-0.15, -0.1) is 0 Å². The van der Waals surface area contributed by atoms with E-state index in [1.807, 2.05) is 0 Å². The smallest absolute Gasteiger partial charge is 0.183 e. The first-order valence-electron chi connectivity index (χ1n) is 4.63. The molecule has 0 amide bonds. The molecule has 0 fully saturated rings. The van der Waals surface area contributed by atoms with Crippen molar-refractivity contribution in [2.45, 2.75) is 6.54 Å². The summed E-state index contributed by atoms with van der Waals surface area (Å²) in [6.07, 6.45) is 3.09. The summed E-state index contributed by atoms with van der Waals surface area (Å²) in [6.45, 7) is 0.296. The lowest BCUT2D eigenvalue weighted by molar-refractivity contribution is 0.511. The summed E-state index contributed by atoms with van der Waals surface area (Å²) in [5.74, 6) is -1.90. The minimum absolute atomic E-state index is 0.0328. The molecular formula is C10H10F2N4. The van der Waals surface area contributed by atoms with Crippen LogP contribution in [-0.2, 0) is 6.54 Å². The maximum Gasteiger partial charge on any atom is 0.183 e. The van der Waals surface area contributed by atoms with E-state index < -0.39 is 11.6 Å². The Hall–Kier alpha value is -2.11. The molecule has 6 heteroatoms. The van der Waals surface area contributed by atoms with Crippen LogP contribution in [0.4, 0.5) is 20.2 Å². The van der Waals surface area contributed by atoms with Crippen LogP contribution in [0, 0.1) is 11.6 Å². The normalized spacial score (nSPS) is 10.4. The molecule has 0 atom stereocenters. The van der Waals surface area contributed by atoms with Gasteiger partial charge in [-0.2, -0.15) is 0 Å². The van der Waals surface area contributed by atoms with E-state index in [2.05, 4.69) is 15.3 Å². The number of nitrogens with zero attached hydrogens (tertiary/aromatic N) is 1. The summed E-state index contributed by atoms with van der Waals surface area (Å²) in [4.78, 5) is 6.63. The van der Waals surface area contributed by atoms with E-state index in [9.17, 15) is 8.78 Å². The Labute approximate surface area is 90.5 Å². The molecule has 1 aromatic carbocycles. The van der Waals surface area contributed by atoms with Crippen molar-refractivity contribution < 1.29 is 8.78 Å². The van der Waals surface area contributed by atoms with Gasteiger partial charge in [0.2, 0.25) is 0 Å². The molecule has 0 aliphatic carbocycles. The first kappa shape index (κ1) is 10.4. The van der Waals surface area contributed by atoms with Crippen LogP contribution in [0.2, 0.25) is 0 Å². The van der Waals surface area contributed by atoms with Crippen molar-refractivity contribution in [3.8, 4) is 0 Å². The zero-order valence-electron chi connectivity index (χ0n) is 8.30. The molecule has 84 valence electrons. The lowest BCUT2D eigenvalue weighted by Crippen LogP contribution is -2.06. The molecule has 0 radical (unpaired) electrons. The van der Waals surface area contributed by atoms with Crippen molar-refractivity contribution >= 4 is 11.4 Å². The second kappa shape index (κ2) is 4.18. The number of benzene rings is 1. The highest BCUT2D eigenvalue weighted by molar-refractivity contribution is 5.66. The summed E-state index contributed by atoms with van der Waals surface area (Å²) >= 11 is 0. The third-order valence-electron chi connectivity index (χ3n) is 2.14. The second-order valence-electron chi connectivity index (χ2n) is 3.26. The van der Waals surface area contributed by atoms with E-state index in [0.717, 1.165) is 11.8 Å². The number of hydrogen-bond donors (Lipinski definition) is 3. The number of halogens is 2. The predicted octanol–water partition coefficient (Wildman–Crippen LogP) is 1.88. The van der Waals surface area contributed by atoms with Crippen molar-refractivity contribution in [2.75, 3.05) is 11.1 Å². The Balaban J connectivity index is 2.18. The predicted molar refractivity (Wildman–Crippen MR) is 56.7 cm³/mol. The summed E-state index contributed by atoms with van der Waals surface area (Å²) in [6, 6.07) is 2.31. The van der Waals surface area contributed by atoms with Gasteiger partial charge < -0.3 is 16.0 Å². The summed E-state index contributed by atoms with van der Waals surface area (Å²) in [5, 5.41) is 2.71. The van der Waals surface area contributed by atoms with Crippen LogP contribution >= 0.6 is 0 Å². The standard InChI is InChI=1S/C10H10F2N4/c11-7-1-2-8(13)10(9(7)12)15-4-6-3-14-5-16-6/h1-3,5,15H,4,13H2,(H,14,16). The van der Waals surface area contributed by atoms with E-state index >= 15 is 0 Å². The van der Waals surface area contributed by atoms with Gasteiger partial charge >= 0.3 is 0 Å². The van der Waals surface area contributed by atoms with Gasteiger partial charge in [-0.05, 0) is 12.1 Å². The number of nitrogens with two attached hydrogens (primary N) is 1. The van der Waals surface area contributed by atoms with Crippen LogP contribution in [0.3, 0.4) is 0 Å². The van der Waals surface area contributed by atoms with Gasteiger partial charge in [0.15, 0.2) is 11.6 Å². The third kappa shape index (κ3) is 1.95. The molecular weight excluding hydrogens is 214 g/mol. The zero-order chi connectivity index (χ0) is 11.5. The highest BCUT2D eigenvalue weighted by Crippen LogP contribution is 2.24. The molecule has 0 aliphatic heterocycles. The average Bonchev–Trinajstić information content (AvgIpc) is 2.77. The SMILES string of the molecule is Nc1ccc(F)c(F)c1NCc1cnc[nH]1. The highest BCUT2D eigenvalue weighted by atomic mass is 19.2. The third-order valence-corrected chi connectivity index (χ3v) is 2.14. The fourth-order valence-corrected chi connectivity index (χ4v) is 1.31. The number of aromatic nitrogens is 2. The Bertz CT molecular complexity index is 482. The molecule has 4 N–H and O–H groups in total. The maximum absolute atomic E-state index is 13.3. The average molecular weight is 224 g/mol. The molecule has 0 saturated heterocycles. The molecule has 1 heterocycles. The van der Waals surface area contributed by atoms with Crippen LogP contribution in [0.1, 0.15) is 5.69 Å². The van der Waals surface area contributed by atoms with Crippen molar-refractivity contribution in [3.63, 3.8) is 0 Å². The molecule has 16 heavy (non-hydrogen) atoms. The molecule has 0 unspecified atom stereocenters. The minimum atomic E-state index is -0.973. The summed E-state index contributed by atoms with van der Waals surface area (Å²) < 4.78 is 26.3. The summed E-state index contributed by atoms with van der Waals surface area (Å²) in [5.41, 5.74) is 6.42. The van der Waals surface area contributed by atoms with E-state index in [-0.39, 0.29) is 11.4 Å². The number of nitrogen functional groups attached to an aromatic ring is 1.